The molecule has 4 aromatic heterocycles. The number of hydrogen-bond acceptors (Lipinski definition) is 9. The van der Waals surface area contributed by atoms with Crippen LogP contribution in [0.2, 0.25) is 0 Å². The lowest BCUT2D eigenvalue weighted by Gasteiger charge is -2.55. The molecular formula is C31H31N7O3. The molecule has 3 saturated heterocycles. The van der Waals surface area contributed by atoms with Crippen LogP contribution >= 0.6 is 0 Å². The van der Waals surface area contributed by atoms with Gasteiger partial charge in [-0.2, -0.15) is 10.4 Å². The second kappa shape index (κ2) is 10.6. The summed E-state index contributed by atoms with van der Waals surface area (Å²) >= 11 is 0. The number of fused-ring (bicyclic) bond motifs is 3. The minimum absolute atomic E-state index is 0.124. The van der Waals surface area contributed by atoms with Crippen molar-refractivity contribution in [2.45, 2.75) is 44.4 Å². The first-order chi connectivity index (χ1) is 19.8. The van der Waals surface area contributed by atoms with Crippen LogP contribution in [0.5, 0.6) is 11.6 Å². The van der Waals surface area contributed by atoms with Crippen molar-refractivity contribution in [2.24, 2.45) is 0 Å². The molecule has 2 atom stereocenters. The molecule has 2 unspecified atom stereocenters. The van der Waals surface area contributed by atoms with Gasteiger partial charge in [-0.25, -0.2) is 14.5 Å². The summed E-state index contributed by atoms with van der Waals surface area (Å²) in [5, 5.41) is 24.1. The molecule has 2 bridgehead atoms. The molecular weight excluding hydrogens is 518 g/mol. The van der Waals surface area contributed by atoms with E-state index in [9.17, 15) is 10.4 Å². The molecule has 0 aromatic carbocycles. The van der Waals surface area contributed by atoms with Crippen molar-refractivity contribution in [1.82, 2.24) is 24.5 Å². The van der Waals surface area contributed by atoms with E-state index in [1.165, 1.54) is 0 Å². The number of nitrogens with zero attached hydrogens (tertiary/aromatic N) is 7. The van der Waals surface area contributed by atoms with E-state index in [1.54, 1.807) is 44.1 Å². The number of aliphatic hydroxyl groups is 1. The van der Waals surface area contributed by atoms with Gasteiger partial charge < -0.3 is 24.4 Å². The Kier molecular flexibility index (Phi) is 6.86. The molecule has 41 heavy (non-hydrogen) atoms. The molecule has 0 amide bonds. The number of methoxy groups -OCH3 is 1. The fourth-order valence-electron chi connectivity index (χ4n) is 5.32. The van der Waals surface area contributed by atoms with Crippen LogP contribution in [-0.4, -0.2) is 74.1 Å². The van der Waals surface area contributed by atoms with Crippen LogP contribution in [0.25, 0.3) is 16.6 Å². The zero-order valence-corrected chi connectivity index (χ0v) is 23.3. The molecule has 4 aromatic rings. The van der Waals surface area contributed by atoms with E-state index in [4.69, 9.17) is 14.5 Å². The Labute approximate surface area is 238 Å². The van der Waals surface area contributed by atoms with Gasteiger partial charge in [0, 0.05) is 55.1 Å². The Hall–Kier alpha value is -4.80. The number of rotatable bonds is 7. The van der Waals surface area contributed by atoms with E-state index in [2.05, 4.69) is 37.9 Å². The van der Waals surface area contributed by atoms with Crippen molar-refractivity contribution in [1.29, 1.82) is 5.26 Å². The third-order valence-corrected chi connectivity index (χ3v) is 7.38. The molecule has 3 aliphatic rings. The van der Waals surface area contributed by atoms with Crippen LogP contribution in [0.4, 0.5) is 5.82 Å². The maximum absolute atomic E-state index is 10.1. The van der Waals surface area contributed by atoms with E-state index in [-0.39, 0.29) is 6.61 Å². The molecule has 7 heterocycles. The van der Waals surface area contributed by atoms with Crippen LogP contribution in [-0.2, 0) is 6.42 Å². The van der Waals surface area contributed by atoms with Gasteiger partial charge in [-0.3, -0.25) is 0 Å². The molecule has 0 aliphatic carbocycles. The Balaban J connectivity index is 1.15. The summed E-state index contributed by atoms with van der Waals surface area (Å²) in [7, 11) is 1.61. The summed E-state index contributed by atoms with van der Waals surface area (Å²) in [5.41, 5.74) is 2.90. The average molecular weight is 550 g/mol. The number of anilines is 1. The summed E-state index contributed by atoms with van der Waals surface area (Å²) in [5.74, 6) is 5.37. The predicted octanol–water partition coefficient (Wildman–Crippen LogP) is 3.29. The number of pyridine rings is 3. The fourth-order valence-corrected chi connectivity index (χ4v) is 5.32. The van der Waals surface area contributed by atoms with Crippen LogP contribution in [0.15, 0.2) is 55.1 Å². The molecule has 10 heteroatoms. The summed E-state index contributed by atoms with van der Waals surface area (Å²) in [6, 6.07) is 16.1. The molecule has 0 saturated carbocycles. The Morgan fingerprint density at radius 3 is 2.59 bits per heavy atom. The molecule has 3 fully saturated rings. The summed E-state index contributed by atoms with van der Waals surface area (Å²) in [4.78, 5) is 13.6. The van der Waals surface area contributed by atoms with Crippen molar-refractivity contribution in [3.8, 4) is 40.8 Å². The Bertz CT molecular complexity index is 1650. The number of piperazine rings is 1. The Morgan fingerprint density at radius 1 is 1.10 bits per heavy atom. The minimum Gasteiger partial charge on any atom is -0.489 e. The van der Waals surface area contributed by atoms with Crippen molar-refractivity contribution in [3.63, 3.8) is 0 Å². The van der Waals surface area contributed by atoms with Crippen molar-refractivity contribution >= 4 is 11.3 Å². The number of ether oxygens (including phenoxy) is 2. The molecule has 0 radical (unpaired) electrons. The molecule has 1 N–H and O–H groups in total. The average Bonchev–Trinajstić information content (AvgIpc) is 3.41. The molecule has 0 spiro atoms. The molecule has 10 nitrogen and oxygen atoms in total. The smallest absolute Gasteiger partial charge is 0.212 e. The van der Waals surface area contributed by atoms with Gasteiger partial charge in [0.1, 0.15) is 24.2 Å². The first-order valence-electron chi connectivity index (χ1n) is 13.5. The normalized spacial score (nSPS) is 17.8. The van der Waals surface area contributed by atoms with Crippen LogP contribution < -0.4 is 14.4 Å². The maximum Gasteiger partial charge on any atom is 0.212 e. The topological polar surface area (TPSA) is 112 Å². The third kappa shape index (κ3) is 5.47. The first-order valence-corrected chi connectivity index (χ1v) is 13.5. The van der Waals surface area contributed by atoms with Gasteiger partial charge in [-0.1, -0.05) is 12.0 Å². The monoisotopic (exact) mass is 549 g/mol. The van der Waals surface area contributed by atoms with E-state index < -0.39 is 5.60 Å². The molecule has 208 valence electrons. The standard InChI is InChI=1S/C31H31N7O3/c1-31(2,39)20-41-26-12-27(30-23(13-32)16-35-38(30)19-26)22-7-8-28(33-15-22)36-17-24-11-25(18-36)37(24)10-4-5-21-6-9-29(40-3)34-14-21/h6-9,12,14-16,19,24-25,39H,5,11,17-18,20H2,1-3H3. The summed E-state index contributed by atoms with van der Waals surface area (Å²) in [6.07, 6.45) is 8.69. The van der Waals surface area contributed by atoms with E-state index in [0.717, 1.165) is 42.0 Å². The number of piperidine rings is 1. The van der Waals surface area contributed by atoms with E-state index in [1.807, 2.05) is 36.5 Å². The largest absolute Gasteiger partial charge is 0.489 e. The predicted molar refractivity (Wildman–Crippen MR) is 153 cm³/mol. The molecule has 3 aliphatic heterocycles. The third-order valence-electron chi connectivity index (χ3n) is 7.38. The lowest BCUT2D eigenvalue weighted by atomic mass is 9.88. The van der Waals surface area contributed by atoms with Gasteiger partial charge in [-0.15, -0.1) is 0 Å². The van der Waals surface area contributed by atoms with Crippen molar-refractivity contribution < 1.29 is 14.6 Å². The van der Waals surface area contributed by atoms with Crippen LogP contribution in [0.1, 0.15) is 31.4 Å². The van der Waals surface area contributed by atoms with Crippen LogP contribution in [0.3, 0.4) is 0 Å². The number of hydrogen-bond donors (Lipinski definition) is 1. The zero-order chi connectivity index (χ0) is 28.6. The minimum atomic E-state index is -0.982. The molecule has 7 rings (SSSR count). The van der Waals surface area contributed by atoms with Crippen molar-refractivity contribution in [3.05, 3.63) is 66.2 Å². The first kappa shape index (κ1) is 26.4. The van der Waals surface area contributed by atoms with Gasteiger partial charge >= 0.3 is 0 Å². The number of nitriles is 1. The van der Waals surface area contributed by atoms with Crippen molar-refractivity contribution in [2.75, 3.05) is 31.7 Å². The van der Waals surface area contributed by atoms with Gasteiger partial charge in [0.05, 0.1) is 48.3 Å². The lowest BCUT2D eigenvalue weighted by molar-refractivity contribution is 0.0283. The maximum atomic E-state index is 10.1. The second-order valence-electron chi connectivity index (χ2n) is 11.1. The van der Waals surface area contributed by atoms with E-state index in [0.29, 0.717) is 41.2 Å². The second-order valence-corrected chi connectivity index (χ2v) is 11.1. The summed E-state index contributed by atoms with van der Waals surface area (Å²) in [6.45, 7) is 5.24. The van der Waals surface area contributed by atoms with Crippen LogP contribution in [0, 0.1) is 23.3 Å². The highest BCUT2D eigenvalue weighted by Crippen LogP contribution is 2.35. The highest BCUT2D eigenvalue weighted by atomic mass is 16.5. The quantitative estimate of drug-likeness (QED) is 0.347. The highest BCUT2D eigenvalue weighted by molar-refractivity contribution is 5.85. The summed E-state index contributed by atoms with van der Waals surface area (Å²) < 4.78 is 12.6. The number of aromatic nitrogens is 4. The fraction of sp³-hybridized carbons (Fsp3) is 0.355. The highest BCUT2D eigenvalue weighted by Gasteiger charge is 2.43. The van der Waals surface area contributed by atoms with Gasteiger partial charge in [0.2, 0.25) is 5.88 Å². The van der Waals surface area contributed by atoms with Gasteiger partial charge in [0.25, 0.3) is 0 Å². The Morgan fingerprint density at radius 2 is 1.93 bits per heavy atom. The lowest BCUT2D eigenvalue weighted by Crippen LogP contribution is -2.67. The van der Waals surface area contributed by atoms with Gasteiger partial charge in [0.15, 0.2) is 0 Å². The SMILES string of the molecule is COc1ccc(CC#CN2C3CC2CN(c2ccc(-c4cc(OCC(C)(C)O)cn5ncc(C#N)c45)cn2)C3)cn1. The zero-order valence-electron chi connectivity index (χ0n) is 23.3. The van der Waals surface area contributed by atoms with E-state index >= 15 is 0 Å². The van der Waals surface area contributed by atoms with Gasteiger partial charge in [-0.05, 0) is 44.0 Å².